The van der Waals surface area contributed by atoms with E-state index in [4.69, 9.17) is 0 Å². The van der Waals surface area contributed by atoms with Gasteiger partial charge in [0, 0.05) is 42.5 Å². The van der Waals surface area contributed by atoms with E-state index in [1.165, 1.54) is 42.5 Å². The maximum Gasteiger partial charge on any atom is 0.0349 e. The Hall–Kier alpha value is -1.57. The van der Waals surface area contributed by atoms with Crippen LogP contribution < -0.4 is 0 Å². The van der Waals surface area contributed by atoms with E-state index < -0.39 is 0 Å². The highest BCUT2D eigenvalue weighted by Gasteiger charge is 2.17. The Morgan fingerprint density at radius 3 is 2.94 bits per heavy atom. The largest absolute Gasteiger partial charge is 0.353 e. The van der Waals surface area contributed by atoms with Gasteiger partial charge < -0.3 is 4.57 Å². The molecule has 17 heavy (non-hydrogen) atoms. The Labute approximate surface area is 102 Å². The van der Waals surface area contributed by atoms with Gasteiger partial charge in [0.05, 0.1) is 0 Å². The third-order valence-corrected chi connectivity index (χ3v) is 3.79. The van der Waals surface area contributed by atoms with E-state index in [0.717, 1.165) is 5.92 Å². The molecule has 1 aliphatic rings. The lowest BCUT2D eigenvalue weighted by Gasteiger charge is -2.25. The minimum Gasteiger partial charge on any atom is -0.353 e. The molecule has 0 atom stereocenters. The van der Waals surface area contributed by atoms with Crippen LogP contribution in [0.5, 0.6) is 0 Å². The minimum atomic E-state index is 0.908. The van der Waals surface area contributed by atoms with Gasteiger partial charge in [-0.05, 0) is 43.4 Å². The molecule has 0 unspecified atom stereocenters. The van der Waals surface area contributed by atoms with Crippen molar-refractivity contribution in [3.05, 3.63) is 42.5 Å². The van der Waals surface area contributed by atoms with Gasteiger partial charge in [0.2, 0.25) is 0 Å². The quantitative estimate of drug-likeness (QED) is 0.781. The number of nitrogens with zero attached hydrogens (tertiary/aromatic N) is 2. The second kappa shape index (κ2) is 4.36. The maximum absolute atomic E-state index is 4.21. The topological polar surface area (TPSA) is 17.8 Å². The summed E-state index contributed by atoms with van der Waals surface area (Å²) in [6.45, 7) is 3.32. The van der Waals surface area contributed by atoms with Crippen molar-refractivity contribution in [1.29, 1.82) is 0 Å². The second-order valence-electron chi connectivity index (χ2n) is 5.08. The molecule has 2 heteroatoms. The number of hydrogen-bond acceptors (Lipinski definition) is 1. The molecule has 3 rings (SSSR count). The lowest BCUT2D eigenvalue weighted by molar-refractivity contribution is 0.277. The van der Waals surface area contributed by atoms with E-state index in [9.17, 15) is 0 Å². The van der Waals surface area contributed by atoms with Gasteiger partial charge in [-0.1, -0.05) is 6.42 Å². The van der Waals surface area contributed by atoms with Gasteiger partial charge in [0.1, 0.15) is 0 Å². The molecule has 88 valence electrons. The zero-order valence-corrected chi connectivity index (χ0v) is 10.3. The first-order chi connectivity index (χ1) is 8.33. The van der Waals surface area contributed by atoms with Crippen LogP contribution in [0.3, 0.4) is 0 Å². The van der Waals surface area contributed by atoms with Gasteiger partial charge in [0.15, 0.2) is 0 Å². The number of rotatable bonds is 3. The molecule has 1 aliphatic carbocycles. The molecule has 0 aliphatic heterocycles. The molecule has 2 nitrogen and oxygen atoms in total. The SMILES string of the molecule is Cc1ccncc1-c1ccn(CC2CCC2)c1. The van der Waals surface area contributed by atoms with Crippen LogP contribution >= 0.6 is 0 Å². The average molecular weight is 226 g/mol. The highest BCUT2D eigenvalue weighted by molar-refractivity contribution is 5.65. The maximum atomic E-state index is 4.21. The molecular formula is C15H18N2. The van der Waals surface area contributed by atoms with Crippen molar-refractivity contribution in [3.63, 3.8) is 0 Å². The van der Waals surface area contributed by atoms with Crippen molar-refractivity contribution in [2.75, 3.05) is 0 Å². The summed E-state index contributed by atoms with van der Waals surface area (Å²) in [5.74, 6) is 0.908. The van der Waals surface area contributed by atoms with Crippen LogP contribution in [0.4, 0.5) is 0 Å². The van der Waals surface area contributed by atoms with Crippen molar-refractivity contribution in [2.45, 2.75) is 32.7 Å². The normalized spacial score (nSPS) is 15.8. The first-order valence-corrected chi connectivity index (χ1v) is 6.40. The van der Waals surface area contributed by atoms with Crippen LogP contribution in [-0.4, -0.2) is 9.55 Å². The number of aryl methyl sites for hydroxylation is 1. The lowest BCUT2D eigenvalue weighted by Crippen LogP contribution is -2.16. The summed E-state index contributed by atoms with van der Waals surface area (Å²) < 4.78 is 2.33. The summed E-state index contributed by atoms with van der Waals surface area (Å²) in [7, 11) is 0. The molecule has 0 radical (unpaired) electrons. The fraction of sp³-hybridized carbons (Fsp3) is 0.400. The molecule has 0 aromatic carbocycles. The second-order valence-corrected chi connectivity index (χ2v) is 5.08. The first-order valence-electron chi connectivity index (χ1n) is 6.40. The number of pyridine rings is 1. The van der Waals surface area contributed by atoms with Crippen LogP contribution in [0, 0.1) is 12.8 Å². The number of hydrogen-bond donors (Lipinski definition) is 0. The molecule has 2 aromatic heterocycles. The average Bonchev–Trinajstić information content (AvgIpc) is 2.73. The Morgan fingerprint density at radius 2 is 2.24 bits per heavy atom. The minimum absolute atomic E-state index is 0.908. The van der Waals surface area contributed by atoms with Crippen LogP contribution in [0.25, 0.3) is 11.1 Å². The standard InChI is InChI=1S/C15H18N2/c1-12-5-7-16-9-15(12)14-6-8-17(11-14)10-13-3-2-4-13/h5-9,11,13H,2-4,10H2,1H3. The number of aromatic nitrogens is 2. The van der Waals surface area contributed by atoms with Crippen molar-refractivity contribution < 1.29 is 0 Å². The van der Waals surface area contributed by atoms with Crippen LogP contribution in [0.15, 0.2) is 36.9 Å². The van der Waals surface area contributed by atoms with E-state index in [1.54, 1.807) is 0 Å². The summed E-state index contributed by atoms with van der Waals surface area (Å²) in [4.78, 5) is 4.21. The predicted octanol–water partition coefficient (Wildman–Crippen LogP) is 3.66. The Morgan fingerprint density at radius 1 is 1.35 bits per heavy atom. The summed E-state index contributed by atoms with van der Waals surface area (Å²) in [6, 6.07) is 4.27. The molecule has 1 saturated carbocycles. The summed E-state index contributed by atoms with van der Waals surface area (Å²) >= 11 is 0. The van der Waals surface area contributed by atoms with Crippen LogP contribution in [0.2, 0.25) is 0 Å². The summed E-state index contributed by atoms with van der Waals surface area (Å²) in [6.07, 6.45) is 12.5. The van der Waals surface area contributed by atoms with E-state index in [2.05, 4.69) is 41.0 Å². The molecule has 0 N–H and O–H groups in total. The van der Waals surface area contributed by atoms with Gasteiger partial charge in [-0.2, -0.15) is 0 Å². The smallest absolute Gasteiger partial charge is 0.0349 e. The van der Waals surface area contributed by atoms with Gasteiger partial charge in [0.25, 0.3) is 0 Å². The van der Waals surface area contributed by atoms with E-state index in [0.29, 0.717) is 0 Å². The molecule has 0 amide bonds. The molecule has 2 aromatic rings. The van der Waals surface area contributed by atoms with E-state index in [-0.39, 0.29) is 0 Å². The molecule has 2 heterocycles. The zero-order valence-electron chi connectivity index (χ0n) is 10.3. The van der Waals surface area contributed by atoms with Crippen molar-refractivity contribution in [2.24, 2.45) is 5.92 Å². The van der Waals surface area contributed by atoms with E-state index >= 15 is 0 Å². The van der Waals surface area contributed by atoms with Crippen LogP contribution in [-0.2, 0) is 6.54 Å². The van der Waals surface area contributed by atoms with Crippen molar-refractivity contribution >= 4 is 0 Å². The lowest BCUT2D eigenvalue weighted by atomic mass is 9.85. The highest BCUT2D eigenvalue weighted by Crippen LogP contribution is 2.29. The summed E-state index contributed by atoms with van der Waals surface area (Å²) in [5.41, 5.74) is 3.83. The monoisotopic (exact) mass is 226 g/mol. The van der Waals surface area contributed by atoms with Gasteiger partial charge in [-0.25, -0.2) is 0 Å². The molecule has 0 spiro atoms. The van der Waals surface area contributed by atoms with Gasteiger partial charge >= 0.3 is 0 Å². The molecule has 0 saturated heterocycles. The third-order valence-electron chi connectivity index (χ3n) is 3.79. The molecular weight excluding hydrogens is 208 g/mol. The Kier molecular flexibility index (Phi) is 2.71. The zero-order chi connectivity index (χ0) is 11.7. The van der Waals surface area contributed by atoms with E-state index in [1.807, 2.05) is 12.4 Å². The Bertz CT molecular complexity index is 509. The van der Waals surface area contributed by atoms with Crippen LogP contribution in [0.1, 0.15) is 24.8 Å². The summed E-state index contributed by atoms with van der Waals surface area (Å²) in [5, 5.41) is 0. The third kappa shape index (κ3) is 2.12. The first kappa shape index (κ1) is 10.6. The fourth-order valence-corrected chi connectivity index (χ4v) is 2.45. The van der Waals surface area contributed by atoms with Crippen molar-refractivity contribution in [3.8, 4) is 11.1 Å². The molecule has 0 bridgehead atoms. The fourth-order valence-electron chi connectivity index (χ4n) is 2.45. The van der Waals surface area contributed by atoms with Gasteiger partial charge in [-0.3, -0.25) is 4.98 Å². The van der Waals surface area contributed by atoms with Crippen molar-refractivity contribution in [1.82, 2.24) is 9.55 Å². The predicted molar refractivity (Wildman–Crippen MR) is 69.7 cm³/mol. The highest BCUT2D eigenvalue weighted by atomic mass is 14.9. The van der Waals surface area contributed by atoms with Gasteiger partial charge in [-0.15, -0.1) is 0 Å². The molecule has 1 fully saturated rings. The Balaban J connectivity index is 1.82.